The molecule has 0 unspecified atom stereocenters. The number of nitrogens with zero attached hydrogens (tertiary/aromatic N) is 6. The van der Waals surface area contributed by atoms with Gasteiger partial charge < -0.3 is 9.64 Å². The topological polar surface area (TPSA) is 101 Å². The Morgan fingerprint density at radius 3 is 1.96 bits per heavy atom. The second-order valence-electron chi connectivity index (χ2n) is 4.81. The summed E-state index contributed by atoms with van der Waals surface area (Å²) in [6.45, 7) is 2.82. The van der Waals surface area contributed by atoms with Crippen LogP contribution in [0.4, 0.5) is 28.1 Å². The van der Waals surface area contributed by atoms with Gasteiger partial charge in [-0.1, -0.05) is 0 Å². The van der Waals surface area contributed by atoms with Crippen molar-refractivity contribution in [2.24, 2.45) is 0 Å². The maximum atomic E-state index is 5.39. The highest BCUT2D eigenvalue weighted by molar-refractivity contribution is 7.13. The smallest absolute Gasteiger partial charge is 0.235 e. The zero-order chi connectivity index (χ0) is 16.2. The van der Waals surface area contributed by atoms with E-state index in [1.54, 1.807) is 12.4 Å². The first-order chi connectivity index (χ1) is 11.9. The van der Waals surface area contributed by atoms with E-state index in [9.17, 15) is 0 Å². The van der Waals surface area contributed by atoms with Crippen molar-refractivity contribution in [3.05, 3.63) is 23.2 Å². The number of thiazole rings is 2. The van der Waals surface area contributed by atoms with Crippen LogP contribution in [-0.2, 0) is 4.74 Å². The molecule has 1 aliphatic rings. The molecule has 1 aliphatic heterocycles. The summed E-state index contributed by atoms with van der Waals surface area (Å²) in [5, 5.41) is 11.5. The summed E-state index contributed by atoms with van der Waals surface area (Å²) in [5.74, 6) is 1.49. The van der Waals surface area contributed by atoms with Crippen LogP contribution in [0.15, 0.2) is 23.2 Å². The van der Waals surface area contributed by atoms with Gasteiger partial charge in [-0.3, -0.25) is 10.6 Å². The van der Waals surface area contributed by atoms with Crippen molar-refractivity contribution in [3.63, 3.8) is 0 Å². The molecule has 2 N–H and O–H groups in total. The van der Waals surface area contributed by atoms with E-state index in [2.05, 4.69) is 40.5 Å². The minimum absolute atomic E-state index is 0.445. The Morgan fingerprint density at radius 1 is 0.875 bits per heavy atom. The lowest BCUT2D eigenvalue weighted by atomic mass is 10.4. The van der Waals surface area contributed by atoms with Crippen LogP contribution in [0.1, 0.15) is 0 Å². The van der Waals surface area contributed by atoms with E-state index >= 15 is 0 Å². The van der Waals surface area contributed by atoms with Crippen LogP contribution in [0.5, 0.6) is 0 Å². The second kappa shape index (κ2) is 7.03. The lowest BCUT2D eigenvalue weighted by molar-refractivity contribution is 0.122. The zero-order valence-corrected chi connectivity index (χ0v) is 14.2. The van der Waals surface area contributed by atoms with Crippen molar-refractivity contribution in [2.45, 2.75) is 0 Å². The Labute approximate surface area is 145 Å². The fraction of sp³-hybridized carbons (Fsp3) is 0.308. The monoisotopic (exact) mass is 362 g/mol. The molecule has 0 aliphatic carbocycles. The van der Waals surface area contributed by atoms with Gasteiger partial charge in [0.25, 0.3) is 0 Å². The summed E-state index contributed by atoms with van der Waals surface area (Å²) >= 11 is 2.97. The molecule has 0 radical (unpaired) electrons. The molecular formula is C13H14N8OS2. The van der Waals surface area contributed by atoms with Crippen LogP contribution in [0.25, 0.3) is 0 Å². The molecule has 11 heteroatoms. The summed E-state index contributed by atoms with van der Waals surface area (Å²) < 4.78 is 5.39. The normalized spacial score (nSPS) is 14.6. The molecule has 0 spiro atoms. The van der Waals surface area contributed by atoms with Crippen LogP contribution in [-0.4, -0.2) is 51.2 Å². The third kappa shape index (κ3) is 3.58. The molecule has 1 fully saturated rings. The zero-order valence-electron chi connectivity index (χ0n) is 12.5. The maximum Gasteiger partial charge on any atom is 0.235 e. The summed E-state index contributed by atoms with van der Waals surface area (Å²) in [6, 6.07) is 0. The minimum atomic E-state index is 0.445. The molecule has 1 saturated heterocycles. The Morgan fingerprint density at radius 2 is 1.46 bits per heavy atom. The van der Waals surface area contributed by atoms with E-state index in [-0.39, 0.29) is 0 Å². The van der Waals surface area contributed by atoms with Crippen molar-refractivity contribution >= 4 is 50.8 Å². The van der Waals surface area contributed by atoms with Crippen molar-refractivity contribution < 1.29 is 4.74 Å². The average molecular weight is 362 g/mol. The predicted octanol–water partition coefficient (Wildman–Crippen LogP) is 2.11. The molecule has 24 heavy (non-hydrogen) atoms. The molecule has 3 aromatic rings. The molecule has 0 saturated carbocycles. The molecule has 4 heterocycles. The Hall–Kier alpha value is -2.37. The van der Waals surface area contributed by atoms with E-state index in [0.717, 1.165) is 23.4 Å². The third-order valence-electron chi connectivity index (χ3n) is 3.22. The highest BCUT2D eigenvalue weighted by atomic mass is 32.1. The van der Waals surface area contributed by atoms with Crippen LogP contribution in [0, 0.1) is 0 Å². The molecule has 0 aromatic carbocycles. The number of rotatable bonds is 5. The molecule has 0 bridgehead atoms. The van der Waals surface area contributed by atoms with Gasteiger partial charge in [0.15, 0.2) is 10.3 Å². The molecular weight excluding hydrogens is 348 g/mol. The Bertz CT molecular complexity index is 719. The standard InChI is InChI=1S/C13H14N8OS2/c1-7-23-12(14-1)19-9-16-10(20-13-15-2-8-24-13)18-11(17-9)21-3-5-22-6-4-21/h1-2,7-8H,3-6H2,(H2,14,15,16,17,18,19,20). The highest BCUT2D eigenvalue weighted by Crippen LogP contribution is 2.22. The van der Waals surface area contributed by atoms with Crippen molar-refractivity contribution in [2.75, 3.05) is 41.8 Å². The highest BCUT2D eigenvalue weighted by Gasteiger charge is 2.17. The van der Waals surface area contributed by atoms with Gasteiger partial charge in [0.2, 0.25) is 17.8 Å². The van der Waals surface area contributed by atoms with E-state index in [1.807, 2.05) is 10.8 Å². The van der Waals surface area contributed by atoms with Crippen LogP contribution in [0.2, 0.25) is 0 Å². The van der Waals surface area contributed by atoms with Crippen LogP contribution >= 0.6 is 22.7 Å². The van der Waals surface area contributed by atoms with Gasteiger partial charge in [0, 0.05) is 36.2 Å². The van der Waals surface area contributed by atoms with E-state index < -0.39 is 0 Å². The van der Waals surface area contributed by atoms with E-state index in [4.69, 9.17) is 4.74 Å². The summed E-state index contributed by atoms with van der Waals surface area (Å²) in [7, 11) is 0. The molecule has 0 atom stereocenters. The number of hydrogen-bond acceptors (Lipinski definition) is 11. The Balaban J connectivity index is 1.63. The third-order valence-corrected chi connectivity index (χ3v) is 4.60. The van der Waals surface area contributed by atoms with Gasteiger partial charge in [-0.25, -0.2) is 9.97 Å². The number of morpholine rings is 1. The van der Waals surface area contributed by atoms with Crippen LogP contribution in [0.3, 0.4) is 0 Å². The number of nitrogens with one attached hydrogen (secondary N) is 2. The summed E-state index contributed by atoms with van der Waals surface area (Å²) in [5.41, 5.74) is 0. The lowest BCUT2D eigenvalue weighted by Gasteiger charge is -2.27. The molecule has 9 nitrogen and oxygen atoms in total. The van der Waals surface area contributed by atoms with Gasteiger partial charge in [-0.15, -0.1) is 22.7 Å². The molecule has 0 amide bonds. The van der Waals surface area contributed by atoms with E-state index in [0.29, 0.717) is 31.1 Å². The number of ether oxygens (including phenoxy) is 1. The van der Waals surface area contributed by atoms with Gasteiger partial charge in [-0.2, -0.15) is 15.0 Å². The quantitative estimate of drug-likeness (QED) is 0.706. The average Bonchev–Trinajstić information content (AvgIpc) is 3.30. The summed E-state index contributed by atoms with van der Waals surface area (Å²) in [6.07, 6.45) is 3.46. The number of anilines is 5. The first-order valence-corrected chi connectivity index (χ1v) is 9.04. The SMILES string of the molecule is c1csc(Nc2nc(Nc3nccs3)nc(N3CCOCC3)n2)n1. The van der Waals surface area contributed by atoms with E-state index in [1.165, 1.54) is 22.7 Å². The van der Waals surface area contributed by atoms with Crippen LogP contribution < -0.4 is 15.5 Å². The van der Waals surface area contributed by atoms with Crippen molar-refractivity contribution in [1.82, 2.24) is 24.9 Å². The number of hydrogen-bond donors (Lipinski definition) is 2. The maximum absolute atomic E-state index is 5.39. The predicted molar refractivity (Wildman–Crippen MR) is 93.7 cm³/mol. The van der Waals surface area contributed by atoms with Gasteiger partial charge >= 0.3 is 0 Å². The fourth-order valence-electron chi connectivity index (χ4n) is 2.14. The molecule has 3 aromatic heterocycles. The molecule has 124 valence electrons. The first-order valence-electron chi connectivity index (χ1n) is 7.28. The fourth-order valence-corrected chi connectivity index (χ4v) is 3.19. The minimum Gasteiger partial charge on any atom is -0.378 e. The second-order valence-corrected chi connectivity index (χ2v) is 6.60. The number of aromatic nitrogens is 5. The Kier molecular flexibility index (Phi) is 4.44. The molecule has 4 rings (SSSR count). The van der Waals surface area contributed by atoms with Crippen molar-refractivity contribution in [3.8, 4) is 0 Å². The van der Waals surface area contributed by atoms with Gasteiger partial charge in [0.1, 0.15) is 0 Å². The summed E-state index contributed by atoms with van der Waals surface area (Å²) in [4.78, 5) is 23.9. The van der Waals surface area contributed by atoms with Gasteiger partial charge in [0.05, 0.1) is 13.2 Å². The van der Waals surface area contributed by atoms with Gasteiger partial charge in [-0.05, 0) is 0 Å². The largest absolute Gasteiger partial charge is 0.378 e. The lowest BCUT2D eigenvalue weighted by Crippen LogP contribution is -2.37. The van der Waals surface area contributed by atoms with Crippen molar-refractivity contribution in [1.29, 1.82) is 0 Å². The first kappa shape index (κ1) is 15.2.